The zero-order valence-corrected chi connectivity index (χ0v) is 11.6. The van der Waals surface area contributed by atoms with E-state index >= 15 is 0 Å². The third-order valence-electron chi connectivity index (χ3n) is 2.19. The van der Waals surface area contributed by atoms with Gasteiger partial charge in [-0.3, -0.25) is 4.98 Å². The third kappa shape index (κ3) is 5.48. The monoisotopic (exact) mass is 276 g/mol. The number of aromatic nitrogens is 1. The lowest BCUT2D eigenvalue weighted by Gasteiger charge is -2.10. The molecule has 0 saturated heterocycles. The average Bonchev–Trinajstić information content (AvgIpc) is 2.26. The molecule has 0 aliphatic rings. The van der Waals surface area contributed by atoms with Crippen molar-refractivity contribution in [2.45, 2.75) is 20.4 Å². The maximum atomic E-state index is 11.7. The van der Waals surface area contributed by atoms with Crippen molar-refractivity contribution < 1.29 is 8.42 Å². The highest BCUT2D eigenvalue weighted by molar-refractivity contribution is 7.89. The van der Waals surface area contributed by atoms with Crippen LogP contribution in [-0.4, -0.2) is 25.0 Å². The van der Waals surface area contributed by atoms with Crippen molar-refractivity contribution in [3.05, 3.63) is 29.6 Å². The molecule has 1 aromatic heterocycles. The molecule has 96 valence electrons. The smallest absolute Gasteiger partial charge is 0.212 e. The number of nitrogens with zero attached hydrogens (tertiary/aromatic N) is 1. The van der Waals surface area contributed by atoms with Crippen LogP contribution in [0.25, 0.3) is 0 Å². The average molecular weight is 277 g/mol. The Balaban J connectivity index is 2.55. The van der Waals surface area contributed by atoms with Crippen molar-refractivity contribution in [2.24, 2.45) is 5.92 Å². The Morgan fingerprint density at radius 3 is 2.76 bits per heavy atom. The van der Waals surface area contributed by atoms with Crippen molar-refractivity contribution in [3.63, 3.8) is 0 Å². The van der Waals surface area contributed by atoms with Crippen LogP contribution in [0.3, 0.4) is 0 Å². The number of rotatable bonds is 6. The first-order valence-electron chi connectivity index (χ1n) is 5.39. The fourth-order valence-electron chi connectivity index (χ4n) is 1.36. The topological polar surface area (TPSA) is 59.1 Å². The first kappa shape index (κ1) is 14.4. The van der Waals surface area contributed by atoms with Gasteiger partial charge in [-0.2, -0.15) is 0 Å². The molecule has 1 unspecified atom stereocenters. The number of aryl methyl sites for hydroxylation is 1. The van der Waals surface area contributed by atoms with Gasteiger partial charge in [-0.1, -0.05) is 13.0 Å². The van der Waals surface area contributed by atoms with Crippen LogP contribution < -0.4 is 4.72 Å². The summed E-state index contributed by atoms with van der Waals surface area (Å²) < 4.78 is 25.8. The molecule has 6 heteroatoms. The molecular formula is C11H17ClN2O2S. The molecule has 0 aliphatic carbocycles. The minimum Gasteiger partial charge on any atom is -0.257 e. The summed E-state index contributed by atoms with van der Waals surface area (Å²) in [5, 5.41) is 0. The van der Waals surface area contributed by atoms with E-state index in [1.807, 2.05) is 19.1 Å². The molecule has 4 nitrogen and oxygen atoms in total. The maximum absolute atomic E-state index is 11.7. The van der Waals surface area contributed by atoms with Gasteiger partial charge in [0.15, 0.2) is 0 Å². The van der Waals surface area contributed by atoms with E-state index in [4.69, 9.17) is 11.6 Å². The molecule has 0 aromatic carbocycles. The highest BCUT2D eigenvalue weighted by Gasteiger charge is 2.14. The van der Waals surface area contributed by atoms with Gasteiger partial charge < -0.3 is 0 Å². The van der Waals surface area contributed by atoms with E-state index in [1.165, 1.54) is 0 Å². The van der Waals surface area contributed by atoms with Crippen molar-refractivity contribution in [1.29, 1.82) is 0 Å². The second-order valence-corrected chi connectivity index (χ2v) is 6.29. The number of alkyl halides is 1. The molecular weight excluding hydrogens is 260 g/mol. The van der Waals surface area contributed by atoms with Gasteiger partial charge in [0, 0.05) is 11.6 Å². The van der Waals surface area contributed by atoms with E-state index in [2.05, 4.69) is 9.71 Å². The van der Waals surface area contributed by atoms with Crippen LogP contribution in [0.2, 0.25) is 0 Å². The standard InChI is InChI=1S/C11H17ClN2O2S/c1-9(6-12)8-17(15,16)13-7-11-5-3-4-10(2)14-11/h3-5,9,13H,6-8H2,1-2H3. The Labute approximate surface area is 107 Å². The van der Waals surface area contributed by atoms with Crippen LogP contribution in [0.4, 0.5) is 0 Å². The second-order valence-electron chi connectivity index (χ2n) is 4.13. The third-order valence-corrected chi connectivity index (χ3v) is 4.31. The summed E-state index contributed by atoms with van der Waals surface area (Å²) in [5.74, 6) is 0.325. The van der Waals surface area contributed by atoms with Crippen LogP contribution in [0.1, 0.15) is 18.3 Å². The molecule has 0 saturated carbocycles. The summed E-state index contributed by atoms with van der Waals surface area (Å²) in [6.45, 7) is 3.89. The summed E-state index contributed by atoms with van der Waals surface area (Å²) in [4.78, 5) is 4.22. The Morgan fingerprint density at radius 1 is 1.47 bits per heavy atom. The molecule has 1 rings (SSSR count). The van der Waals surface area contributed by atoms with E-state index in [1.54, 1.807) is 13.0 Å². The largest absolute Gasteiger partial charge is 0.257 e. The van der Waals surface area contributed by atoms with Crippen molar-refractivity contribution in [1.82, 2.24) is 9.71 Å². The highest BCUT2D eigenvalue weighted by atomic mass is 35.5. The summed E-state index contributed by atoms with van der Waals surface area (Å²) in [6, 6.07) is 5.52. The molecule has 0 aliphatic heterocycles. The minimum absolute atomic E-state index is 0.0440. The van der Waals surface area contributed by atoms with E-state index in [9.17, 15) is 8.42 Å². The normalized spacial score (nSPS) is 13.6. The molecule has 1 heterocycles. The molecule has 0 bridgehead atoms. The second kappa shape index (κ2) is 6.33. The fraction of sp³-hybridized carbons (Fsp3) is 0.545. The van der Waals surface area contributed by atoms with Gasteiger partial charge >= 0.3 is 0 Å². The molecule has 1 atom stereocenters. The SMILES string of the molecule is Cc1cccc(CNS(=O)(=O)CC(C)CCl)n1. The predicted molar refractivity (Wildman–Crippen MR) is 69.5 cm³/mol. The molecule has 0 amide bonds. The van der Waals surface area contributed by atoms with E-state index in [0.29, 0.717) is 11.6 Å². The van der Waals surface area contributed by atoms with Crippen LogP contribution >= 0.6 is 11.6 Å². The molecule has 1 aromatic rings. The van der Waals surface area contributed by atoms with Crippen LogP contribution in [0, 0.1) is 12.8 Å². The fourth-order valence-corrected chi connectivity index (χ4v) is 2.95. The zero-order chi connectivity index (χ0) is 12.9. The van der Waals surface area contributed by atoms with E-state index < -0.39 is 10.0 Å². The number of sulfonamides is 1. The van der Waals surface area contributed by atoms with Gasteiger partial charge in [0.05, 0.1) is 18.0 Å². The van der Waals surface area contributed by atoms with Crippen LogP contribution in [0.5, 0.6) is 0 Å². The highest BCUT2D eigenvalue weighted by Crippen LogP contribution is 2.03. The molecule has 0 spiro atoms. The quantitative estimate of drug-likeness (QED) is 0.805. The summed E-state index contributed by atoms with van der Waals surface area (Å²) in [5.41, 5.74) is 1.59. The first-order valence-corrected chi connectivity index (χ1v) is 7.57. The Morgan fingerprint density at radius 2 is 2.18 bits per heavy atom. The summed E-state index contributed by atoms with van der Waals surface area (Å²) >= 11 is 5.59. The molecule has 1 N–H and O–H groups in total. The van der Waals surface area contributed by atoms with E-state index in [-0.39, 0.29) is 18.2 Å². The number of hydrogen-bond acceptors (Lipinski definition) is 3. The van der Waals surface area contributed by atoms with Crippen LogP contribution in [-0.2, 0) is 16.6 Å². The zero-order valence-electron chi connectivity index (χ0n) is 9.98. The van der Waals surface area contributed by atoms with Gasteiger partial charge in [-0.05, 0) is 25.0 Å². The van der Waals surface area contributed by atoms with Gasteiger partial charge in [-0.25, -0.2) is 13.1 Å². The van der Waals surface area contributed by atoms with E-state index in [0.717, 1.165) is 5.69 Å². The minimum atomic E-state index is -3.28. The van der Waals surface area contributed by atoms with Gasteiger partial charge in [0.1, 0.15) is 0 Å². The Kier molecular flexibility index (Phi) is 5.36. The van der Waals surface area contributed by atoms with Crippen molar-refractivity contribution >= 4 is 21.6 Å². The lowest BCUT2D eigenvalue weighted by Crippen LogP contribution is -2.29. The maximum Gasteiger partial charge on any atom is 0.212 e. The lowest BCUT2D eigenvalue weighted by atomic mass is 10.3. The number of hydrogen-bond donors (Lipinski definition) is 1. The summed E-state index contributed by atoms with van der Waals surface area (Å²) in [6.07, 6.45) is 0. The number of pyridine rings is 1. The lowest BCUT2D eigenvalue weighted by molar-refractivity contribution is 0.567. The van der Waals surface area contributed by atoms with Crippen LogP contribution in [0.15, 0.2) is 18.2 Å². The molecule has 0 fully saturated rings. The summed E-state index contributed by atoms with van der Waals surface area (Å²) in [7, 11) is -3.28. The molecule has 17 heavy (non-hydrogen) atoms. The Bertz CT molecular complexity index is 462. The van der Waals surface area contributed by atoms with Gasteiger partial charge in [0.25, 0.3) is 0 Å². The first-order chi connectivity index (χ1) is 7.93. The molecule has 0 radical (unpaired) electrons. The number of halogens is 1. The van der Waals surface area contributed by atoms with Crippen molar-refractivity contribution in [3.8, 4) is 0 Å². The predicted octanol–water partition coefficient (Wildman–Crippen LogP) is 1.68. The Hall–Kier alpha value is -0.650. The van der Waals surface area contributed by atoms with Gasteiger partial charge in [-0.15, -0.1) is 11.6 Å². The number of nitrogens with one attached hydrogen (secondary N) is 1. The van der Waals surface area contributed by atoms with Crippen molar-refractivity contribution in [2.75, 3.05) is 11.6 Å². The van der Waals surface area contributed by atoms with Gasteiger partial charge in [0.2, 0.25) is 10.0 Å².